The van der Waals surface area contributed by atoms with Crippen molar-refractivity contribution >= 4 is 23.4 Å². The lowest BCUT2D eigenvalue weighted by Crippen LogP contribution is -2.23. The molecule has 0 spiro atoms. The summed E-state index contributed by atoms with van der Waals surface area (Å²) in [6.07, 6.45) is 1.66. The Kier molecular flexibility index (Phi) is 5.17. The number of nitrogens with zero attached hydrogens (tertiary/aromatic N) is 4. The standard InChI is InChI=1S/C15H17N5OS/c1-10(2)20-9-17-19-15(20)22-11(3)14(21)18-13-6-4-5-12(7-13)8-16/h4-7,9-11H,1-3H3,(H,18,21)/t11-/m1/s1. The molecule has 1 aromatic carbocycles. The summed E-state index contributed by atoms with van der Waals surface area (Å²) in [7, 11) is 0. The SMILES string of the molecule is CC(C)n1cnnc1S[C@H](C)C(=O)Nc1cccc(C#N)c1. The van der Waals surface area contributed by atoms with E-state index in [1.807, 2.05) is 31.4 Å². The number of amides is 1. The van der Waals surface area contributed by atoms with Gasteiger partial charge in [-0.2, -0.15) is 5.26 Å². The van der Waals surface area contributed by atoms with E-state index < -0.39 is 0 Å². The molecule has 6 nitrogen and oxygen atoms in total. The molecule has 22 heavy (non-hydrogen) atoms. The van der Waals surface area contributed by atoms with Crippen molar-refractivity contribution in [1.29, 1.82) is 5.26 Å². The molecule has 114 valence electrons. The van der Waals surface area contributed by atoms with E-state index in [-0.39, 0.29) is 17.2 Å². The number of benzene rings is 1. The molecule has 0 bridgehead atoms. The minimum absolute atomic E-state index is 0.140. The predicted molar refractivity (Wildman–Crippen MR) is 85.5 cm³/mol. The van der Waals surface area contributed by atoms with Crippen molar-refractivity contribution in [1.82, 2.24) is 14.8 Å². The Morgan fingerprint density at radius 3 is 2.86 bits per heavy atom. The maximum Gasteiger partial charge on any atom is 0.237 e. The first kappa shape index (κ1) is 16.0. The molecule has 1 atom stereocenters. The molecule has 0 unspecified atom stereocenters. The van der Waals surface area contributed by atoms with Gasteiger partial charge in [-0.05, 0) is 39.0 Å². The number of anilines is 1. The average molecular weight is 315 g/mol. The van der Waals surface area contributed by atoms with E-state index in [1.54, 1.807) is 30.6 Å². The van der Waals surface area contributed by atoms with E-state index in [1.165, 1.54) is 11.8 Å². The fourth-order valence-corrected chi connectivity index (χ4v) is 2.75. The number of rotatable bonds is 5. The van der Waals surface area contributed by atoms with Gasteiger partial charge in [-0.1, -0.05) is 17.8 Å². The highest BCUT2D eigenvalue weighted by atomic mass is 32.2. The zero-order chi connectivity index (χ0) is 16.1. The molecule has 2 rings (SSSR count). The third kappa shape index (κ3) is 3.86. The monoisotopic (exact) mass is 315 g/mol. The third-order valence-corrected chi connectivity index (χ3v) is 4.08. The molecular weight excluding hydrogens is 298 g/mol. The topological polar surface area (TPSA) is 83.6 Å². The summed E-state index contributed by atoms with van der Waals surface area (Å²) >= 11 is 1.35. The Bertz CT molecular complexity index is 704. The summed E-state index contributed by atoms with van der Waals surface area (Å²) in [6, 6.07) is 9.12. The average Bonchev–Trinajstić information content (AvgIpc) is 2.95. The Labute approximate surface area is 133 Å². The quantitative estimate of drug-likeness (QED) is 0.858. The summed E-state index contributed by atoms with van der Waals surface area (Å²) in [6.45, 7) is 5.88. The Balaban J connectivity index is 2.03. The highest BCUT2D eigenvalue weighted by molar-refractivity contribution is 8.00. The van der Waals surface area contributed by atoms with E-state index in [9.17, 15) is 4.79 Å². The minimum atomic E-state index is -0.326. The largest absolute Gasteiger partial charge is 0.325 e. The summed E-state index contributed by atoms with van der Waals surface area (Å²) in [5.41, 5.74) is 1.12. The Morgan fingerprint density at radius 1 is 1.41 bits per heavy atom. The van der Waals surface area contributed by atoms with Crippen molar-refractivity contribution in [2.24, 2.45) is 0 Å². The molecular formula is C15H17N5OS. The van der Waals surface area contributed by atoms with E-state index in [4.69, 9.17) is 5.26 Å². The van der Waals surface area contributed by atoms with Crippen LogP contribution in [0.5, 0.6) is 0 Å². The zero-order valence-electron chi connectivity index (χ0n) is 12.6. The van der Waals surface area contributed by atoms with Crippen LogP contribution < -0.4 is 5.32 Å². The van der Waals surface area contributed by atoms with Gasteiger partial charge in [-0.15, -0.1) is 10.2 Å². The minimum Gasteiger partial charge on any atom is -0.325 e. The van der Waals surface area contributed by atoms with Crippen molar-refractivity contribution < 1.29 is 4.79 Å². The number of thioether (sulfide) groups is 1. The van der Waals surface area contributed by atoms with Gasteiger partial charge < -0.3 is 9.88 Å². The number of carbonyl (C=O) groups is 1. The van der Waals surface area contributed by atoms with Crippen LogP contribution in [0.15, 0.2) is 35.7 Å². The molecule has 0 saturated heterocycles. The maximum atomic E-state index is 12.2. The van der Waals surface area contributed by atoms with E-state index in [0.29, 0.717) is 16.4 Å². The molecule has 0 aliphatic carbocycles. The summed E-state index contributed by atoms with van der Waals surface area (Å²) in [5.74, 6) is -0.140. The molecule has 2 aromatic rings. The predicted octanol–water partition coefficient (Wildman–Crippen LogP) is 2.85. The summed E-state index contributed by atoms with van der Waals surface area (Å²) in [5, 5.41) is 20.0. The number of nitriles is 1. The van der Waals surface area contributed by atoms with Crippen LogP contribution in [0.1, 0.15) is 32.4 Å². The van der Waals surface area contributed by atoms with Crippen LogP contribution >= 0.6 is 11.8 Å². The van der Waals surface area contributed by atoms with Gasteiger partial charge in [0.15, 0.2) is 5.16 Å². The molecule has 1 aromatic heterocycles. The first-order chi connectivity index (χ1) is 10.5. The molecule has 1 N–H and O–H groups in total. The van der Waals surface area contributed by atoms with Crippen molar-refractivity contribution in [2.45, 2.75) is 37.2 Å². The summed E-state index contributed by atoms with van der Waals surface area (Å²) in [4.78, 5) is 12.2. The lowest BCUT2D eigenvalue weighted by molar-refractivity contribution is -0.115. The number of hydrogen-bond acceptors (Lipinski definition) is 5. The van der Waals surface area contributed by atoms with Crippen molar-refractivity contribution in [3.63, 3.8) is 0 Å². The first-order valence-corrected chi connectivity index (χ1v) is 7.76. The van der Waals surface area contributed by atoms with Gasteiger partial charge in [0.1, 0.15) is 6.33 Å². The van der Waals surface area contributed by atoms with Gasteiger partial charge in [-0.25, -0.2) is 0 Å². The second-order valence-corrected chi connectivity index (χ2v) is 6.36. The Morgan fingerprint density at radius 2 is 2.18 bits per heavy atom. The van der Waals surface area contributed by atoms with Crippen molar-refractivity contribution in [2.75, 3.05) is 5.32 Å². The van der Waals surface area contributed by atoms with E-state index in [2.05, 4.69) is 15.5 Å². The van der Waals surface area contributed by atoms with Gasteiger partial charge >= 0.3 is 0 Å². The normalized spacial score (nSPS) is 12.0. The number of aromatic nitrogens is 3. The van der Waals surface area contributed by atoms with Crippen LogP contribution in [-0.4, -0.2) is 25.9 Å². The number of nitrogens with one attached hydrogen (secondary N) is 1. The van der Waals surface area contributed by atoms with Gasteiger partial charge in [0.05, 0.1) is 16.9 Å². The lowest BCUT2D eigenvalue weighted by atomic mass is 10.2. The second-order valence-electron chi connectivity index (χ2n) is 5.06. The van der Waals surface area contributed by atoms with Crippen LogP contribution in [0.2, 0.25) is 0 Å². The number of carbonyl (C=O) groups excluding carboxylic acids is 1. The third-order valence-electron chi connectivity index (χ3n) is 3.01. The molecule has 1 heterocycles. The van der Waals surface area contributed by atoms with Crippen LogP contribution in [0.4, 0.5) is 5.69 Å². The molecule has 0 fully saturated rings. The van der Waals surface area contributed by atoms with Gasteiger partial charge in [-0.3, -0.25) is 4.79 Å². The van der Waals surface area contributed by atoms with Gasteiger partial charge in [0, 0.05) is 11.7 Å². The highest BCUT2D eigenvalue weighted by Crippen LogP contribution is 2.24. The van der Waals surface area contributed by atoms with Crippen molar-refractivity contribution in [3.8, 4) is 6.07 Å². The van der Waals surface area contributed by atoms with Crippen LogP contribution in [-0.2, 0) is 4.79 Å². The summed E-state index contributed by atoms with van der Waals surface area (Å²) < 4.78 is 1.92. The molecule has 0 aliphatic rings. The van der Waals surface area contributed by atoms with Crippen LogP contribution in [0.25, 0.3) is 0 Å². The molecule has 7 heteroatoms. The second kappa shape index (κ2) is 7.09. The van der Waals surface area contributed by atoms with Gasteiger partial charge in [0.2, 0.25) is 5.91 Å². The fourth-order valence-electron chi connectivity index (χ4n) is 1.79. The highest BCUT2D eigenvalue weighted by Gasteiger charge is 2.18. The van der Waals surface area contributed by atoms with Crippen LogP contribution in [0.3, 0.4) is 0 Å². The zero-order valence-corrected chi connectivity index (χ0v) is 13.5. The molecule has 0 saturated carbocycles. The first-order valence-electron chi connectivity index (χ1n) is 6.88. The van der Waals surface area contributed by atoms with Crippen molar-refractivity contribution in [3.05, 3.63) is 36.2 Å². The maximum absolute atomic E-state index is 12.2. The van der Waals surface area contributed by atoms with Gasteiger partial charge in [0.25, 0.3) is 0 Å². The van der Waals surface area contributed by atoms with E-state index in [0.717, 1.165) is 0 Å². The Hall–Kier alpha value is -2.33. The lowest BCUT2D eigenvalue weighted by Gasteiger charge is -2.14. The smallest absolute Gasteiger partial charge is 0.237 e. The molecule has 1 amide bonds. The fraction of sp³-hybridized carbons (Fsp3) is 0.333. The molecule has 0 aliphatic heterocycles. The van der Waals surface area contributed by atoms with Crippen LogP contribution in [0, 0.1) is 11.3 Å². The molecule has 0 radical (unpaired) electrons. The van der Waals surface area contributed by atoms with E-state index >= 15 is 0 Å². The number of hydrogen-bond donors (Lipinski definition) is 1.